The van der Waals surface area contributed by atoms with E-state index in [4.69, 9.17) is 7.85 Å². The lowest BCUT2D eigenvalue weighted by Crippen LogP contribution is -2.63. The lowest BCUT2D eigenvalue weighted by molar-refractivity contribution is -0.138. The molecule has 1 aliphatic carbocycles. The number of carbonyl (C=O) groups is 3. The Morgan fingerprint density at radius 1 is 1.39 bits per heavy atom. The number of hydrogen-bond donors (Lipinski definition) is 2. The zero-order chi connectivity index (χ0) is 13.2. The van der Waals surface area contributed by atoms with Crippen LogP contribution in [0.5, 0.6) is 0 Å². The first-order valence-electron chi connectivity index (χ1n) is 5.84. The van der Waals surface area contributed by atoms with Gasteiger partial charge in [0.1, 0.15) is 7.85 Å². The van der Waals surface area contributed by atoms with Gasteiger partial charge in [-0.25, -0.2) is 0 Å². The van der Waals surface area contributed by atoms with E-state index >= 15 is 0 Å². The number of piperidine rings is 1. The molecule has 1 heterocycles. The number of allylic oxidation sites excluding steroid dienone is 2. The van der Waals surface area contributed by atoms with Crippen LogP contribution in [0, 0.1) is 0 Å². The fourth-order valence-corrected chi connectivity index (χ4v) is 1.90. The summed E-state index contributed by atoms with van der Waals surface area (Å²) in [5, 5.41) is 4.61. The van der Waals surface area contributed by atoms with Crippen molar-refractivity contribution in [3.63, 3.8) is 0 Å². The minimum absolute atomic E-state index is 0.112. The Labute approximate surface area is 106 Å². The second kappa shape index (κ2) is 4.80. The van der Waals surface area contributed by atoms with Crippen molar-refractivity contribution in [2.75, 3.05) is 0 Å². The molecule has 1 fully saturated rings. The van der Waals surface area contributed by atoms with Crippen LogP contribution in [0.15, 0.2) is 23.8 Å². The third-order valence-electron chi connectivity index (χ3n) is 3.00. The fraction of sp³-hybridized carbons (Fsp3) is 0.417. The van der Waals surface area contributed by atoms with Gasteiger partial charge in [0.25, 0.3) is 5.91 Å². The summed E-state index contributed by atoms with van der Waals surface area (Å²) in [7, 11) is 5.82. The molecular formula is C12H13BN2O3. The first kappa shape index (κ1) is 12.6. The summed E-state index contributed by atoms with van der Waals surface area (Å²) >= 11 is 0. The maximum absolute atomic E-state index is 11.9. The highest BCUT2D eigenvalue weighted by Gasteiger charge is 2.39. The van der Waals surface area contributed by atoms with Crippen LogP contribution in [0.25, 0.3) is 0 Å². The molecule has 0 aromatic rings. The van der Waals surface area contributed by atoms with Crippen molar-refractivity contribution in [1.29, 1.82) is 0 Å². The van der Waals surface area contributed by atoms with Crippen LogP contribution in [0.2, 0.25) is 0 Å². The molecule has 18 heavy (non-hydrogen) atoms. The fourth-order valence-electron chi connectivity index (χ4n) is 1.90. The molecule has 1 saturated heterocycles. The Balaban J connectivity index is 2.06. The molecule has 0 spiro atoms. The molecular weight excluding hydrogens is 231 g/mol. The third kappa shape index (κ3) is 2.52. The molecule has 0 aromatic heterocycles. The van der Waals surface area contributed by atoms with E-state index in [9.17, 15) is 14.4 Å². The summed E-state index contributed by atoms with van der Waals surface area (Å²) in [4.78, 5) is 34.6. The first-order valence-corrected chi connectivity index (χ1v) is 5.84. The second-order valence-electron chi connectivity index (χ2n) is 4.44. The van der Waals surface area contributed by atoms with Gasteiger partial charge in [0.15, 0.2) is 0 Å². The molecule has 0 saturated carbocycles. The highest BCUT2D eigenvalue weighted by atomic mass is 16.2. The number of hydrogen-bond acceptors (Lipinski definition) is 3. The minimum Gasteiger partial charge on any atom is -0.346 e. The van der Waals surface area contributed by atoms with Crippen molar-refractivity contribution < 1.29 is 14.4 Å². The maximum atomic E-state index is 11.9. The summed E-state index contributed by atoms with van der Waals surface area (Å²) in [5.74, 6) is -1.42. The van der Waals surface area contributed by atoms with Gasteiger partial charge in [-0.3, -0.25) is 19.7 Å². The summed E-state index contributed by atoms with van der Waals surface area (Å²) < 4.78 is 0. The third-order valence-corrected chi connectivity index (χ3v) is 3.00. The highest BCUT2D eigenvalue weighted by molar-refractivity contribution is 6.32. The van der Waals surface area contributed by atoms with E-state index in [1.54, 1.807) is 12.2 Å². The quantitative estimate of drug-likeness (QED) is 0.516. The van der Waals surface area contributed by atoms with E-state index in [1.807, 2.05) is 6.08 Å². The SMILES string of the molecule is [B]C1(NC(=O)C2=CCCC=C2)CCC(=O)NC1=O. The Hall–Kier alpha value is -1.85. The topological polar surface area (TPSA) is 75.3 Å². The lowest BCUT2D eigenvalue weighted by atomic mass is 9.71. The predicted molar refractivity (Wildman–Crippen MR) is 65.5 cm³/mol. The summed E-state index contributed by atoms with van der Waals surface area (Å²) in [6.07, 6.45) is 7.32. The van der Waals surface area contributed by atoms with Crippen LogP contribution in [0.1, 0.15) is 25.7 Å². The van der Waals surface area contributed by atoms with E-state index in [0.717, 1.165) is 12.8 Å². The van der Waals surface area contributed by atoms with Gasteiger partial charge < -0.3 is 5.32 Å². The van der Waals surface area contributed by atoms with Crippen molar-refractivity contribution in [3.05, 3.63) is 23.8 Å². The molecule has 2 radical (unpaired) electrons. The van der Waals surface area contributed by atoms with Crippen LogP contribution < -0.4 is 10.6 Å². The van der Waals surface area contributed by atoms with Crippen molar-refractivity contribution in [3.8, 4) is 0 Å². The Kier molecular flexibility index (Phi) is 3.36. The summed E-state index contributed by atoms with van der Waals surface area (Å²) in [6, 6.07) is 0. The second-order valence-corrected chi connectivity index (χ2v) is 4.44. The first-order chi connectivity index (χ1) is 8.51. The van der Waals surface area contributed by atoms with Gasteiger partial charge in [-0.05, 0) is 19.3 Å². The van der Waals surface area contributed by atoms with Gasteiger partial charge >= 0.3 is 0 Å². The molecule has 0 bridgehead atoms. The summed E-state index contributed by atoms with van der Waals surface area (Å²) in [5.41, 5.74) is -1.01. The number of carbonyl (C=O) groups excluding carboxylic acids is 3. The van der Waals surface area contributed by atoms with Crippen molar-refractivity contribution in [2.45, 2.75) is 31.1 Å². The van der Waals surface area contributed by atoms with Crippen molar-refractivity contribution >= 4 is 25.6 Å². The summed E-state index contributed by atoms with van der Waals surface area (Å²) in [6.45, 7) is 0. The van der Waals surface area contributed by atoms with Crippen LogP contribution in [0.4, 0.5) is 0 Å². The highest BCUT2D eigenvalue weighted by Crippen LogP contribution is 2.16. The van der Waals surface area contributed by atoms with Crippen LogP contribution in [0.3, 0.4) is 0 Å². The van der Waals surface area contributed by atoms with E-state index < -0.39 is 17.3 Å². The zero-order valence-electron chi connectivity index (χ0n) is 9.86. The molecule has 2 rings (SSSR count). The average Bonchev–Trinajstić information content (AvgIpc) is 2.36. The van der Waals surface area contributed by atoms with Gasteiger partial charge in [-0.15, -0.1) is 0 Å². The van der Waals surface area contributed by atoms with Crippen LogP contribution >= 0.6 is 0 Å². The van der Waals surface area contributed by atoms with Gasteiger partial charge in [0.05, 0.1) is 5.44 Å². The molecule has 2 N–H and O–H groups in total. The molecule has 1 atom stereocenters. The monoisotopic (exact) mass is 244 g/mol. The minimum atomic E-state index is -1.50. The van der Waals surface area contributed by atoms with E-state index in [-0.39, 0.29) is 18.7 Å². The largest absolute Gasteiger partial charge is 0.346 e. The van der Waals surface area contributed by atoms with Crippen molar-refractivity contribution in [2.24, 2.45) is 0 Å². The van der Waals surface area contributed by atoms with E-state index in [1.165, 1.54) is 0 Å². The van der Waals surface area contributed by atoms with Gasteiger partial charge in [-0.2, -0.15) is 0 Å². The number of nitrogens with one attached hydrogen (secondary N) is 2. The van der Waals surface area contributed by atoms with Gasteiger partial charge in [0.2, 0.25) is 11.8 Å². The molecule has 92 valence electrons. The molecule has 3 amide bonds. The smallest absolute Gasteiger partial charge is 0.251 e. The Morgan fingerprint density at radius 3 is 2.78 bits per heavy atom. The molecule has 0 aromatic carbocycles. The van der Waals surface area contributed by atoms with Gasteiger partial charge in [-0.1, -0.05) is 18.2 Å². The van der Waals surface area contributed by atoms with Crippen LogP contribution in [-0.4, -0.2) is 31.0 Å². The number of amides is 3. The Bertz CT molecular complexity index is 470. The van der Waals surface area contributed by atoms with Crippen molar-refractivity contribution in [1.82, 2.24) is 10.6 Å². The Morgan fingerprint density at radius 2 is 2.17 bits per heavy atom. The lowest BCUT2D eigenvalue weighted by Gasteiger charge is -2.33. The van der Waals surface area contributed by atoms with E-state index in [0.29, 0.717) is 5.57 Å². The molecule has 1 aliphatic heterocycles. The predicted octanol–water partition coefficient (Wildman–Crippen LogP) is -0.320. The zero-order valence-corrected chi connectivity index (χ0v) is 9.86. The normalized spacial score (nSPS) is 27.4. The molecule has 6 heteroatoms. The molecule has 5 nitrogen and oxygen atoms in total. The molecule has 1 unspecified atom stereocenters. The van der Waals surface area contributed by atoms with Crippen LogP contribution in [-0.2, 0) is 14.4 Å². The maximum Gasteiger partial charge on any atom is 0.251 e. The standard InChI is InChI=1S/C12H13BN2O3/c13-12(7-6-9(16)14-11(12)18)15-10(17)8-4-2-1-3-5-8/h2,4-5H,1,3,6-7H2,(H,15,17)(H,14,16,18). The number of imide groups is 1. The number of rotatable bonds is 2. The van der Waals surface area contributed by atoms with Gasteiger partial charge in [0, 0.05) is 12.0 Å². The average molecular weight is 244 g/mol. The molecule has 2 aliphatic rings. The van der Waals surface area contributed by atoms with E-state index in [2.05, 4.69) is 10.6 Å².